The molecule has 4 aromatic heterocycles. The molecule has 0 saturated carbocycles. The minimum absolute atomic E-state index is 0.130. The van der Waals surface area contributed by atoms with Crippen LogP contribution in [0.5, 0.6) is 5.88 Å². The fraction of sp³-hybridized carbons (Fsp3) is 0.304. The normalized spacial score (nSPS) is 11.2. The average Bonchev–Trinajstić information content (AvgIpc) is 3.48. The van der Waals surface area contributed by atoms with Crippen molar-refractivity contribution in [2.45, 2.75) is 26.4 Å². The van der Waals surface area contributed by atoms with Crippen LogP contribution in [0.15, 0.2) is 48.1 Å². The van der Waals surface area contributed by atoms with Gasteiger partial charge in [0.15, 0.2) is 5.65 Å². The highest BCUT2D eigenvalue weighted by Crippen LogP contribution is 2.29. The molecule has 0 radical (unpaired) electrons. The van der Waals surface area contributed by atoms with E-state index in [1.807, 2.05) is 48.2 Å². The molecule has 1 amide bonds. The summed E-state index contributed by atoms with van der Waals surface area (Å²) in [6.45, 7) is 5.37. The van der Waals surface area contributed by atoms with Gasteiger partial charge in [0.05, 0.1) is 34.3 Å². The lowest BCUT2D eigenvalue weighted by Gasteiger charge is -2.11. The summed E-state index contributed by atoms with van der Waals surface area (Å²) in [5.74, 6) is 0.341. The third kappa shape index (κ3) is 4.79. The molecular formula is C23H25N5O3S. The largest absolute Gasteiger partial charge is 0.475 e. The predicted octanol–water partition coefficient (Wildman–Crippen LogP) is 4.09. The number of methoxy groups -OCH3 is 1. The Kier molecular flexibility index (Phi) is 6.77. The third-order valence-electron chi connectivity index (χ3n) is 4.86. The van der Waals surface area contributed by atoms with Gasteiger partial charge >= 0.3 is 0 Å². The Balaban J connectivity index is 1.55. The smallest absolute Gasteiger partial charge is 0.252 e. The molecule has 0 aromatic carbocycles. The van der Waals surface area contributed by atoms with Crippen molar-refractivity contribution in [3.63, 3.8) is 0 Å². The van der Waals surface area contributed by atoms with Crippen LogP contribution >= 0.6 is 11.3 Å². The lowest BCUT2D eigenvalue weighted by Crippen LogP contribution is -2.23. The molecule has 4 heterocycles. The maximum atomic E-state index is 13.1. The van der Waals surface area contributed by atoms with Gasteiger partial charge in [-0.15, -0.1) is 11.3 Å². The topological polar surface area (TPSA) is 91.2 Å². The number of ether oxygens (including phenoxy) is 2. The summed E-state index contributed by atoms with van der Waals surface area (Å²) in [7, 11) is 1.62. The molecule has 32 heavy (non-hydrogen) atoms. The minimum atomic E-state index is -0.182. The molecule has 0 bridgehead atoms. The van der Waals surface area contributed by atoms with Crippen molar-refractivity contribution in [3.05, 3.63) is 59.2 Å². The summed E-state index contributed by atoms with van der Waals surface area (Å²) in [6, 6.07) is 9.60. The van der Waals surface area contributed by atoms with Gasteiger partial charge in [0, 0.05) is 32.0 Å². The van der Waals surface area contributed by atoms with Gasteiger partial charge in [-0.05, 0) is 36.9 Å². The van der Waals surface area contributed by atoms with Crippen LogP contribution < -0.4 is 10.1 Å². The molecule has 0 fully saturated rings. The second-order valence-corrected chi connectivity index (χ2v) is 8.43. The van der Waals surface area contributed by atoms with E-state index in [2.05, 4.69) is 15.4 Å². The first kappa shape index (κ1) is 21.9. The molecule has 0 spiro atoms. The first-order valence-electron chi connectivity index (χ1n) is 10.3. The summed E-state index contributed by atoms with van der Waals surface area (Å²) >= 11 is 1.59. The molecule has 9 heteroatoms. The Labute approximate surface area is 190 Å². The molecule has 8 nitrogen and oxygen atoms in total. The summed E-state index contributed by atoms with van der Waals surface area (Å²) in [5.41, 5.74) is 2.89. The zero-order valence-corrected chi connectivity index (χ0v) is 19.1. The summed E-state index contributed by atoms with van der Waals surface area (Å²) in [4.78, 5) is 23.2. The van der Waals surface area contributed by atoms with Crippen molar-refractivity contribution >= 4 is 28.3 Å². The van der Waals surface area contributed by atoms with Crippen molar-refractivity contribution < 1.29 is 14.3 Å². The molecule has 0 unspecified atom stereocenters. The van der Waals surface area contributed by atoms with Gasteiger partial charge in [0.2, 0.25) is 5.88 Å². The van der Waals surface area contributed by atoms with E-state index in [1.54, 1.807) is 36.9 Å². The number of carbonyl (C=O) groups is 1. The number of nitrogens with zero attached hydrogens (tertiary/aromatic N) is 4. The van der Waals surface area contributed by atoms with Crippen LogP contribution in [0.2, 0.25) is 0 Å². The Morgan fingerprint density at radius 3 is 2.78 bits per heavy atom. The second-order valence-electron chi connectivity index (χ2n) is 7.48. The fourth-order valence-corrected chi connectivity index (χ4v) is 3.93. The van der Waals surface area contributed by atoms with E-state index in [0.717, 1.165) is 21.5 Å². The molecule has 4 aromatic rings. The predicted molar refractivity (Wildman–Crippen MR) is 124 cm³/mol. The molecular weight excluding hydrogens is 426 g/mol. The minimum Gasteiger partial charge on any atom is -0.475 e. The van der Waals surface area contributed by atoms with E-state index < -0.39 is 0 Å². The van der Waals surface area contributed by atoms with Gasteiger partial charge in [-0.3, -0.25) is 4.79 Å². The standard InChI is InChI=1S/C23H25N5O3S/c1-15(2)28-22-18(14-26-28)17(11-19(27-22)20-5-4-10-32-20)23(29)25-13-16-6-7-21(24-12-16)31-9-8-30-3/h4-7,10-12,14-15H,8-9,13H2,1-3H3,(H,25,29). The number of aromatic nitrogens is 4. The number of amides is 1. The summed E-state index contributed by atoms with van der Waals surface area (Å²) in [6.07, 6.45) is 3.40. The van der Waals surface area contributed by atoms with Crippen LogP contribution in [-0.2, 0) is 11.3 Å². The van der Waals surface area contributed by atoms with Gasteiger partial charge in [0.25, 0.3) is 5.91 Å². The zero-order valence-electron chi connectivity index (χ0n) is 18.2. The number of pyridine rings is 2. The Morgan fingerprint density at radius 2 is 2.09 bits per heavy atom. The van der Waals surface area contributed by atoms with Crippen molar-refractivity contribution in [2.24, 2.45) is 0 Å². The van der Waals surface area contributed by atoms with E-state index in [-0.39, 0.29) is 11.9 Å². The van der Waals surface area contributed by atoms with Gasteiger partial charge < -0.3 is 14.8 Å². The molecule has 0 atom stereocenters. The van der Waals surface area contributed by atoms with Crippen molar-refractivity contribution in [1.29, 1.82) is 0 Å². The molecule has 0 aliphatic carbocycles. The molecule has 0 aliphatic heterocycles. The quantitative estimate of drug-likeness (QED) is 0.386. The van der Waals surface area contributed by atoms with Crippen LogP contribution in [0, 0.1) is 0 Å². The Morgan fingerprint density at radius 1 is 1.22 bits per heavy atom. The molecule has 166 valence electrons. The average molecular weight is 452 g/mol. The maximum absolute atomic E-state index is 13.1. The number of nitrogens with one attached hydrogen (secondary N) is 1. The summed E-state index contributed by atoms with van der Waals surface area (Å²) < 4.78 is 12.3. The van der Waals surface area contributed by atoms with E-state index >= 15 is 0 Å². The number of hydrogen-bond acceptors (Lipinski definition) is 7. The van der Waals surface area contributed by atoms with Gasteiger partial charge in [-0.25, -0.2) is 14.6 Å². The zero-order chi connectivity index (χ0) is 22.5. The SMILES string of the molecule is COCCOc1ccc(CNC(=O)c2cc(-c3cccs3)nc3c2cnn3C(C)C)cn1. The monoisotopic (exact) mass is 451 g/mol. The lowest BCUT2D eigenvalue weighted by molar-refractivity contribution is 0.0952. The third-order valence-corrected chi connectivity index (χ3v) is 5.75. The van der Waals surface area contributed by atoms with Crippen LogP contribution in [0.3, 0.4) is 0 Å². The number of thiophene rings is 1. The van der Waals surface area contributed by atoms with Crippen LogP contribution in [0.25, 0.3) is 21.6 Å². The number of carbonyl (C=O) groups excluding carboxylic acids is 1. The van der Waals surface area contributed by atoms with E-state index in [1.165, 1.54) is 0 Å². The second kappa shape index (κ2) is 9.88. The molecule has 1 N–H and O–H groups in total. The maximum Gasteiger partial charge on any atom is 0.252 e. The first-order chi connectivity index (χ1) is 15.6. The van der Waals surface area contributed by atoms with E-state index in [4.69, 9.17) is 14.5 Å². The van der Waals surface area contributed by atoms with E-state index in [9.17, 15) is 4.79 Å². The number of hydrogen-bond donors (Lipinski definition) is 1. The van der Waals surface area contributed by atoms with Crippen molar-refractivity contribution in [1.82, 2.24) is 25.1 Å². The van der Waals surface area contributed by atoms with Crippen LogP contribution in [0.4, 0.5) is 0 Å². The van der Waals surface area contributed by atoms with E-state index in [0.29, 0.717) is 36.8 Å². The van der Waals surface area contributed by atoms with Gasteiger partial charge in [-0.2, -0.15) is 5.10 Å². The first-order valence-corrected chi connectivity index (χ1v) is 11.2. The number of rotatable bonds is 9. The van der Waals surface area contributed by atoms with Crippen LogP contribution in [0.1, 0.15) is 35.8 Å². The molecule has 0 saturated heterocycles. The van der Waals surface area contributed by atoms with Crippen molar-refractivity contribution in [2.75, 3.05) is 20.3 Å². The Hall–Kier alpha value is -3.30. The summed E-state index contributed by atoms with van der Waals surface area (Å²) in [5, 5.41) is 10.2. The highest BCUT2D eigenvalue weighted by molar-refractivity contribution is 7.13. The van der Waals surface area contributed by atoms with Crippen LogP contribution in [-0.4, -0.2) is 46.0 Å². The molecule has 0 aliphatic rings. The van der Waals surface area contributed by atoms with Crippen molar-refractivity contribution in [3.8, 4) is 16.5 Å². The number of fused-ring (bicyclic) bond motifs is 1. The fourth-order valence-electron chi connectivity index (χ4n) is 3.24. The van der Waals surface area contributed by atoms with Gasteiger partial charge in [0.1, 0.15) is 6.61 Å². The lowest BCUT2D eigenvalue weighted by atomic mass is 10.1. The Bertz CT molecular complexity index is 1190. The van der Waals surface area contributed by atoms with Gasteiger partial charge in [-0.1, -0.05) is 12.1 Å². The highest BCUT2D eigenvalue weighted by atomic mass is 32.1. The highest BCUT2D eigenvalue weighted by Gasteiger charge is 2.18. The molecule has 4 rings (SSSR count).